The molecule has 3 rings (SSSR count). The zero-order valence-electron chi connectivity index (χ0n) is 13.2. The molecule has 0 saturated heterocycles. The van der Waals surface area contributed by atoms with E-state index in [-0.39, 0.29) is 15.8 Å². The normalized spacial score (nSPS) is 11.4. The summed E-state index contributed by atoms with van der Waals surface area (Å²) in [4.78, 5) is 23.8. The van der Waals surface area contributed by atoms with Crippen molar-refractivity contribution < 1.29 is 18.3 Å². The zero-order valence-corrected chi connectivity index (χ0v) is 16.5. The molecule has 3 aromatic heterocycles. The van der Waals surface area contributed by atoms with Crippen molar-refractivity contribution in [3.63, 3.8) is 0 Å². The first-order valence-corrected chi connectivity index (χ1v) is 11.4. The van der Waals surface area contributed by atoms with E-state index >= 15 is 0 Å². The highest BCUT2D eigenvalue weighted by molar-refractivity contribution is 7.98. The van der Waals surface area contributed by atoms with E-state index in [0.717, 1.165) is 22.7 Å². The smallest absolute Gasteiger partial charge is 0.309 e. The summed E-state index contributed by atoms with van der Waals surface area (Å²) in [5, 5.41) is 11.0. The lowest BCUT2D eigenvalue weighted by Crippen LogP contribution is -2.11. The van der Waals surface area contributed by atoms with Crippen molar-refractivity contribution in [3.8, 4) is 10.6 Å². The lowest BCUT2D eigenvalue weighted by Gasteiger charge is -2.02. The van der Waals surface area contributed by atoms with E-state index < -0.39 is 16.0 Å². The Morgan fingerprint density at radius 2 is 2.12 bits per heavy atom. The third-order valence-electron chi connectivity index (χ3n) is 3.02. The maximum absolute atomic E-state index is 12.5. The molecule has 0 aliphatic heterocycles. The van der Waals surface area contributed by atoms with Gasteiger partial charge in [-0.1, -0.05) is 11.8 Å². The topological polar surface area (TPSA) is 122 Å². The quantitative estimate of drug-likeness (QED) is 0.435. The molecule has 2 N–H and O–H groups in total. The largest absolute Gasteiger partial charge is 0.481 e. The number of rotatable bonds is 7. The van der Waals surface area contributed by atoms with Gasteiger partial charge in [-0.2, -0.15) is 0 Å². The number of aliphatic carboxylic acids is 1. The number of thiazole rings is 1. The molecule has 0 fully saturated rings. The van der Waals surface area contributed by atoms with Gasteiger partial charge in [0.05, 0.1) is 22.7 Å². The summed E-state index contributed by atoms with van der Waals surface area (Å²) in [7, 11) is -3.81. The van der Waals surface area contributed by atoms with Gasteiger partial charge in [0.2, 0.25) is 0 Å². The Morgan fingerprint density at radius 3 is 2.85 bits per heavy atom. The monoisotopic (exact) mass is 428 g/mol. The Balaban J connectivity index is 1.81. The minimum absolute atomic E-state index is 0.117. The third-order valence-corrected chi connectivity index (χ3v) is 7.46. The first kappa shape index (κ1) is 18.8. The predicted molar refractivity (Wildman–Crippen MR) is 101 cm³/mol. The highest BCUT2D eigenvalue weighted by atomic mass is 32.2. The number of carboxylic acid groups (broad SMARTS) is 1. The zero-order chi connectivity index (χ0) is 18.7. The first-order valence-electron chi connectivity index (χ1n) is 7.03. The summed E-state index contributed by atoms with van der Waals surface area (Å²) < 4.78 is 27.5. The van der Waals surface area contributed by atoms with E-state index in [9.17, 15) is 13.2 Å². The molecule has 136 valence electrons. The van der Waals surface area contributed by atoms with Crippen LogP contribution in [0.5, 0.6) is 0 Å². The molecule has 0 aliphatic carbocycles. The van der Waals surface area contributed by atoms with Gasteiger partial charge in [-0.15, -0.1) is 22.7 Å². The maximum Gasteiger partial charge on any atom is 0.309 e. The summed E-state index contributed by atoms with van der Waals surface area (Å²) in [6.07, 6.45) is 3.23. The fraction of sp³-hybridized carbons (Fsp3) is 0.143. The van der Waals surface area contributed by atoms with Gasteiger partial charge < -0.3 is 5.11 Å². The van der Waals surface area contributed by atoms with Gasteiger partial charge in [0.1, 0.15) is 4.21 Å². The summed E-state index contributed by atoms with van der Waals surface area (Å²) in [5.41, 5.74) is 0.950. The average Bonchev–Trinajstić information content (AvgIpc) is 3.24. The van der Waals surface area contributed by atoms with Crippen molar-refractivity contribution in [2.75, 3.05) is 11.0 Å². The van der Waals surface area contributed by atoms with E-state index in [0.29, 0.717) is 21.4 Å². The summed E-state index contributed by atoms with van der Waals surface area (Å²) in [5.74, 6) is -1.03. The van der Waals surface area contributed by atoms with Gasteiger partial charge in [-0.25, -0.2) is 23.4 Å². The Morgan fingerprint density at radius 1 is 1.31 bits per heavy atom. The fourth-order valence-electron chi connectivity index (χ4n) is 1.93. The number of anilines is 1. The van der Waals surface area contributed by atoms with Crippen LogP contribution in [0, 0.1) is 0 Å². The lowest BCUT2D eigenvalue weighted by atomic mass is 10.3. The second-order valence-electron chi connectivity index (χ2n) is 4.87. The summed E-state index contributed by atoms with van der Waals surface area (Å²) >= 11 is 3.52. The van der Waals surface area contributed by atoms with Gasteiger partial charge in [-0.05, 0) is 24.5 Å². The molecule has 0 aromatic carbocycles. The van der Waals surface area contributed by atoms with Crippen LogP contribution in [-0.4, -0.2) is 40.7 Å². The van der Waals surface area contributed by atoms with Crippen LogP contribution in [0.25, 0.3) is 10.6 Å². The van der Waals surface area contributed by atoms with Crippen molar-refractivity contribution in [1.29, 1.82) is 0 Å². The lowest BCUT2D eigenvalue weighted by molar-refractivity contribution is -0.136. The van der Waals surface area contributed by atoms with Crippen molar-refractivity contribution in [2.45, 2.75) is 15.8 Å². The Bertz CT molecular complexity index is 1040. The molecule has 0 atom stereocenters. The van der Waals surface area contributed by atoms with Crippen molar-refractivity contribution >= 4 is 55.6 Å². The van der Waals surface area contributed by atoms with Crippen LogP contribution in [0.15, 0.2) is 39.1 Å². The number of thiophene rings is 1. The number of carbonyl (C=O) groups is 1. The Kier molecular flexibility index (Phi) is 5.55. The van der Waals surface area contributed by atoms with Crippen LogP contribution in [0.3, 0.4) is 0 Å². The number of nitrogens with zero attached hydrogens (tertiary/aromatic N) is 3. The highest BCUT2D eigenvalue weighted by Crippen LogP contribution is 2.31. The first-order chi connectivity index (χ1) is 12.4. The van der Waals surface area contributed by atoms with E-state index in [4.69, 9.17) is 5.11 Å². The molecule has 0 unspecified atom stereocenters. The van der Waals surface area contributed by atoms with Crippen molar-refractivity contribution in [3.05, 3.63) is 35.5 Å². The number of aromatic nitrogens is 3. The van der Waals surface area contributed by atoms with Crippen molar-refractivity contribution in [2.24, 2.45) is 0 Å². The molecule has 0 saturated carbocycles. The number of hydrogen-bond donors (Lipinski definition) is 2. The average molecular weight is 429 g/mol. The maximum atomic E-state index is 12.5. The molecule has 0 bridgehead atoms. The number of hydrogen-bond acceptors (Lipinski definition) is 9. The molecule has 3 heterocycles. The third kappa shape index (κ3) is 4.38. The van der Waals surface area contributed by atoms with Gasteiger partial charge in [0.15, 0.2) is 10.3 Å². The van der Waals surface area contributed by atoms with Crippen LogP contribution in [0.1, 0.15) is 5.69 Å². The molecule has 3 aromatic rings. The van der Waals surface area contributed by atoms with Crippen LogP contribution < -0.4 is 4.72 Å². The molecular formula is C14H12N4O4S4. The second kappa shape index (κ2) is 7.70. The number of thioether (sulfide) groups is 1. The fourth-order valence-corrected chi connectivity index (χ4v) is 5.53. The summed E-state index contributed by atoms with van der Waals surface area (Å²) in [6.45, 7) is 0. The van der Waals surface area contributed by atoms with E-state index in [2.05, 4.69) is 19.7 Å². The SMILES string of the molecule is CSc1nccc(-c2ccc(S(=O)(=O)Nc3nc(CC(=O)O)cs3)s2)n1. The number of sulfonamides is 1. The number of nitrogens with one attached hydrogen (secondary N) is 1. The van der Waals surface area contributed by atoms with Crippen LogP contribution in [-0.2, 0) is 21.2 Å². The molecular weight excluding hydrogens is 416 g/mol. The molecule has 0 aliphatic rings. The van der Waals surface area contributed by atoms with Crippen LogP contribution in [0.2, 0.25) is 0 Å². The van der Waals surface area contributed by atoms with E-state index in [1.165, 1.54) is 23.2 Å². The highest BCUT2D eigenvalue weighted by Gasteiger charge is 2.20. The summed E-state index contributed by atoms with van der Waals surface area (Å²) in [6, 6.07) is 4.90. The van der Waals surface area contributed by atoms with Gasteiger partial charge >= 0.3 is 5.97 Å². The van der Waals surface area contributed by atoms with Crippen LogP contribution >= 0.6 is 34.4 Å². The van der Waals surface area contributed by atoms with Gasteiger partial charge in [0.25, 0.3) is 10.0 Å². The molecule has 0 radical (unpaired) electrons. The Labute approximate surface area is 161 Å². The molecule has 0 spiro atoms. The minimum atomic E-state index is -3.81. The van der Waals surface area contributed by atoms with E-state index in [1.807, 2.05) is 6.26 Å². The molecule has 0 amide bonds. The van der Waals surface area contributed by atoms with Gasteiger partial charge in [0, 0.05) is 11.6 Å². The number of carboxylic acids is 1. The standard InChI is InChI=1S/C14H12N4O4S4/c1-23-13-15-5-4-9(17-13)10-2-3-12(25-10)26(21,22)18-14-16-8(7-24-14)6-11(19)20/h2-5,7H,6H2,1H3,(H,16,18)(H,19,20). The van der Waals surface area contributed by atoms with E-state index in [1.54, 1.807) is 18.3 Å². The van der Waals surface area contributed by atoms with Crippen molar-refractivity contribution in [1.82, 2.24) is 15.0 Å². The molecule has 26 heavy (non-hydrogen) atoms. The molecule has 12 heteroatoms. The second-order valence-corrected chi connectivity index (χ2v) is 9.49. The Hall–Kier alpha value is -2.02. The predicted octanol–water partition coefficient (Wildman–Crippen LogP) is 2.81. The minimum Gasteiger partial charge on any atom is -0.481 e. The van der Waals surface area contributed by atoms with Gasteiger partial charge in [-0.3, -0.25) is 9.52 Å². The van der Waals surface area contributed by atoms with Crippen LogP contribution in [0.4, 0.5) is 5.13 Å². The molecule has 8 nitrogen and oxygen atoms in total.